The van der Waals surface area contributed by atoms with Crippen molar-refractivity contribution in [3.05, 3.63) is 24.3 Å². The topological polar surface area (TPSA) is 50.4 Å². The quantitative estimate of drug-likeness (QED) is 0.881. The van der Waals surface area contributed by atoms with Crippen LogP contribution in [0.4, 0.5) is 5.69 Å². The summed E-state index contributed by atoms with van der Waals surface area (Å²) in [4.78, 5) is 10.8. The Morgan fingerprint density at radius 3 is 2.72 bits per heavy atom. The molecule has 1 aliphatic heterocycles. The Hall–Kier alpha value is -1.26. The number of nitrogens with one attached hydrogen (secondary N) is 2. The van der Waals surface area contributed by atoms with Crippen LogP contribution in [0, 0.1) is 5.92 Å². The normalized spacial score (nSPS) is 17.9. The molecule has 1 unspecified atom stereocenters. The number of benzene rings is 1. The first-order chi connectivity index (χ1) is 8.24. The van der Waals surface area contributed by atoms with Gasteiger partial charge in [0.05, 0.1) is 6.61 Å². The Morgan fingerprint density at radius 2 is 2.17 bits per heavy atom. The molecule has 0 aliphatic carbocycles. The van der Waals surface area contributed by atoms with Gasteiger partial charge in [-0.05, 0) is 37.2 Å². The predicted molar refractivity (Wildman–Crippen MR) is 74.5 cm³/mol. The fourth-order valence-electron chi connectivity index (χ4n) is 1.91. The van der Waals surface area contributed by atoms with Crippen LogP contribution in [0.25, 0.3) is 0 Å². The van der Waals surface area contributed by atoms with Gasteiger partial charge in [0, 0.05) is 25.1 Å². The van der Waals surface area contributed by atoms with E-state index in [0.717, 1.165) is 31.1 Å². The van der Waals surface area contributed by atoms with Gasteiger partial charge in [0.2, 0.25) is 5.91 Å². The van der Waals surface area contributed by atoms with E-state index >= 15 is 0 Å². The second-order valence-electron chi connectivity index (χ2n) is 4.38. The van der Waals surface area contributed by atoms with E-state index in [1.807, 2.05) is 24.3 Å². The zero-order chi connectivity index (χ0) is 12.1. The molecule has 2 rings (SSSR count). The van der Waals surface area contributed by atoms with Gasteiger partial charge in [-0.15, -0.1) is 12.4 Å². The third-order valence-corrected chi connectivity index (χ3v) is 2.82. The Balaban J connectivity index is 0.00000162. The molecule has 0 radical (unpaired) electrons. The summed E-state index contributed by atoms with van der Waals surface area (Å²) >= 11 is 0. The molecule has 1 aliphatic rings. The third-order valence-electron chi connectivity index (χ3n) is 2.82. The first kappa shape index (κ1) is 14.8. The molecule has 1 fully saturated rings. The summed E-state index contributed by atoms with van der Waals surface area (Å²) in [6.45, 7) is 4.39. The molecule has 1 aromatic rings. The first-order valence-corrected chi connectivity index (χ1v) is 5.95. The second kappa shape index (κ2) is 7.24. The number of halogens is 1. The number of hydrogen-bond acceptors (Lipinski definition) is 3. The molecular formula is C13H19ClN2O2. The molecule has 0 spiro atoms. The lowest BCUT2D eigenvalue weighted by atomic mass is 10.1. The van der Waals surface area contributed by atoms with E-state index in [0.29, 0.717) is 5.92 Å². The number of carbonyl (C=O) groups excluding carboxylic acids is 1. The van der Waals surface area contributed by atoms with Crippen molar-refractivity contribution in [3.8, 4) is 5.75 Å². The molecule has 1 aromatic carbocycles. The standard InChI is InChI=1S/C13H18N2O2.ClH/c1-10(16)15-12-2-4-13(5-3-12)17-9-11-6-7-14-8-11;/h2-5,11,14H,6-9H2,1H3,(H,15,16);1H. The lowest BCUT2D eigenvalue weighted by molar-refractivity contribution is -0.114. The van der Waals surface area contributed by atoms with Crippen LogP contribution in [-0.2, 0) is 4.79 Å². The largest absolute Gasteiger partial charge is 0.493 e. The highest BCUT2D eigenvalue weighted by atomic mass is 35.5. The molecule has 1 atom stereocenters. The van der Waals surface area contributed by atoms with Gasteiger partial charge in [0.25, 0.3) is 0 Å². The molecule has 0 aromatic heterocycles. The average Bonchev–Trinajstić information content (AvgIpc) is 2.80. The minimum atomic E-state index is -0.0595. The Bertz CT molecular complexity index is 375. The number of hydrogen-bond donors (Lipinski definition) is 2. The third kappa shape index (κ3) is 4.55. The highest BCUT2D eigenvalue weighted by Crippen LogP contribution is 2.17. The van der Waals surface area contributed by atoms with Gasteiger partial charge in [-0.3, -0.25) is 4.79 Å². The van der Waals surface area contributed by atoms with Crippen LogP contribution in [0.2, 0.25) is 0 Å². The molecule has 1 heterocycles. The molecule has 0 bridgehead atoms. The zero-order valence-corrected chi connectivity index (χ0v) is 11.3. The second-order valence-corrected chi connectivity index (χ2v) is 4.38. The van der Waals surface area contributed by atoms with Crippen LogP contribution in [0.5, 0.6) is 5.75 Å². The van der Waals surface area contributed by atoms with Crippen molar-refractivity contribution in [3.63, 3.8) is 0 Å². The van der Waals surface area contributed by atoms with Crippen molar-refractivity contribution in [1.82, 2.24) is 5.32 Å². The fourth-order valence-corrected chi connectivity index (χ4v) is 1.91. The van der Waals surface area contributed by atoms with Crippen molar-refractivity contribution < 1.29 is 9.53 Å². The number of carbonyl (C=O) groups is 1. The smallest absolute Gasteiger partial charge is 0.221 e. The number of amides is 1. The maximum Gasteiger partial charge on any atom is 0.221 e. The summed E-state index contributed by atoms with van der Waals surface area (Å²) in [5.74, 6) is 1.41. The van der Waals surface area contributed by atoms with Crippen LogP contribution < -0.4 is 15.4 Å². The number of anilines is 1. The summed E-state index contributed by atoms with van der Waals surface area (Å²) in [5, 5.41) is 6.04. The monoisotopic (exact) mass is 270 g/mol. The van der Waals surface area contributed by atoms with E-state index in [1.54, 1.807) is 0 Å². The van der Waals surface area contributed by atoms with E-state index < -0.39 is 0 Å². The van der Waals surface area contributed by atoms with Crippen molar-refractivity contribution in [1.29, 1.82) is 0 Å². The lowest BCUT2D eigenvalue weighted by Crippen LogP contribution is -2.15. The van der Waals surface area contributed by atoms with Gasteiger partial charge >= 0.3 is 0 Å². The summed E-state index contributed by atoms with van der Waals surface area (Å²) in [6.07, 6.45) is 1.18. The van der Waals surface area contributed by atoms with Gasteiger partial charge < -0.3 is 15.4 Å². The summed E-state index contributed by atoms with van der Waals surface area (Å²) in [6, 6.07) is 7.47. The maximum atomic E-state index is 10.8. The number of ether oxygens (including phenoxy) is 1. The van der Waals surface area contributed by atoms with Crippen LogP contribution in [0.15, 0.2) is 24.3 Å². The van der Waals surface area contributed by atoms with Gasteiger partial charge in [-0.25, -0.2) is 0 Å². The van der Waals surface area contributed by atoms with E-state index in [9.17, 15) is 4.79 Å². The Kier molecular flexibility index (Phi) is 5.95. The highest BCUT2D eigenvalue weighted by Gasteiger charge is 2.14. The SMILES string of the molecule is CC(=O)Nc1ccc(OCC2CCNC2)cc1.Cl. The van der Waals surface area contributed by atoms with Crippen molar-refractivity contribution >= 4 is 24.0 Å². The molecule has 1 amide bonds. The molecule has 100 valence electrons. The Labute approximate surface area is 114 Å². The summed E-state index contributed by atoms with van der Waals surface area (Å²) in [5.41, 5.74) is 0.799. The molecule has 1 saturated heterocycles. The van der Waals surface area contributed by atoms with Gasteiger partial charge in [0.15, 0.2) is 0 Å². The fraction of sp³-hybridized carbons (Fsp3) is 0.462. The van der Waals surface area contributed by atoms with Gasteiger partial charge in [0.1, 0.15) is 5.75 Å². The van der Waals surface area contributed by atoms with Crippen LogP contribution >= 0.6 is 12.4 Å². The number of rotatable bonds is 4. The van der Waals surface area contributed by atoms with Crippen LogP contribution in [-0.4, -0.2) is 25.6 Å². The molecule has 18 heavy (non-hydrogen) atoms. The van der Waals surface area contributed by atoms with E-state index in [4.69, 9.17) is 4.74 Å². The van der Waals surface area contributed by atoms with E-state index in [1.165, 1.54) is 13.3 Å². The molecule has 4 nitrogen and oxygen atoms in total. The lowest BCUT2D eigenvalue weighted by Gasteiger charge is -2.11. The minimum Gasteiger partial charge on any atom is -0.493 e. The molecule has 0 saturated carbocycles. The van der Waals surface area contributed by atoms with E-state index in [2.05, 4.69) is 10.6 Å². The van der Waals surface area contributed by atoms with Crippen molar-refractivity contribution in [2.45, 2.75) is 13.3 Å². The van der Waals surface area contributed by atoms with Crippen molar-refractivity contribution in [2.75, 3.05) is 25.0 Å². The minimum absolute atomic E-state index is 0. The highest BCUT2D eigenvalue weighted by molar-refractivity contribution is 5.88. The molecule has 5 heteroatoms. The van der Waals surface area contributed by atoms with Crippen LogP contribution in [0.3, 0.4) is 0 Å². The summed E-state index contributed by atoms with van der Waals surface area (Å²) in [7, 11) is 0. The molecular weight excluding hydrogens is 252 g/mol. The molecule has 2 N–H and O–H groups in total. The van der Waals surface area contributed by atoms with Gasteiger partial charge in [-0.1, -0.05) is 0 Å². The maximum absolute atomic E-state index is 10.8. The van der Waals surface area contributed by atoms with Crippen LogP contribution in [0.1, 0.15) is 13.3 Å². The average molecular weight is 271 g/mol. The predicted octanol–water partition coefficient (Wildman–Crippen LogP) is 2.06. The van der Waals surface area contributed by atoms with Crippen molar-refractivity contribution in [2.24, 2.45) is 5.92 Å². The summed E-state index contributed by atoms with van der Waals surface area (Å²) < 4.78 is 5.70. The zero-order valence-electron chi connectivity index (χ0n) is 10.4. The van der Waals surface area contributed by atoms with E-state index in [-0.39, 0.29) is 18.3 Å². The Morgan fingerprint density at radius 1 is 1.44 bits per heavy atom. The first-order valence-electron chi connectivity index (χ1n) is 5.95. The van der Waals surface area contributed by atoms with Gasteiger partial charge in [-0.2, -0.15) is 0 Å².